The molecule has 6 nitrogen and oxygen atoms in total. The van der Waals surface area contributed by atoms with E-state index in [1.807, 2.05) is 13.0 Å². The zero-order valence-electron chi connectivity index (χ0n) is 13.5. The van der Waals surface area contributed by atoms with Crippen LogP contribution in [0.25, 0.3) is 5.57 Å². The van der Waals surface area contributed by atoms with Crippen molar-refractivity contribution in [3.05, 3.63) is 43.7 Å². The number of benzene rings is 1. The summed E-state index contributed by atoms with van der Waals surface area (Å²) in [6, 6.07) is 7.14. The number of esters is 1. The molecular weight excluding hydrogens is 360 g/mol. The van der Waals surface area contributed by atoms with Gasteiger partial charge in [0.15, 0.2) is 3.95 Å². The molecule has 0 fully saturated rings. The Labute approximate surface area is 152 Å². The molecule has 1 amide bonds. The van der Waals surface area contributed by atoms with Crippen LogP contribution < -0.4 is 10.6 Å². The maximum atomic E-state index is 12.3. The van der Waals surface area contributed by atoms with E-state index in [0.29, 0.717) is 31.6 Å². The Bertz CT molecular complexity index is 1020. The fourth-order valence-electron chi connectivity index (χ4n) is 2.53. The molecule has 2 heterocycles. The van der Waals surface area contributed by atoms with Gasteiger partial charge >= 0.3 is 5.97 Å². The van der Waals surface area contributed by atoms with E-state index in [0.717, 1.165) is 17.8 Å². The molecule has 3 rings (SSSR count). The van der Waals surface area contributed by atoms with E-state index in [1.165, 1.54) is 4.57 Å². The normalized spacial score (nSPS) is 12.8. The largest absolute Gasteiger partial charge is 0.493 e. The fourth-order valence-corrected chi connectivity index (χ4v) is 3.92. The molecule has 0 bridgehead atoms. The Kier molecular flexibility index (Phi) is 5.10. The second-order valence-electron chi connectivity index (χ2n) is 5.45. The summed E-state index contributed by atoms with van der Waals surface area (Å²) >= 11 is 6.42. The molecule has 1 aliphatic rings. The van der Waals surface area contributed by atoms with Crippen LogP contribution in [-0.2, 0) is 20.9 Å². The number of carbonyl (C=O) groups is 2. The van der Waals surface area contributed by atoms with Crippen molar-refractivity contribution >= 4 is 41.0 Å². The summed E-state index contributed by atoms with van der Waals surface area (Å²) in [5.74, 6) is -0.864. The zero-order valence-corrected chi connectivity index (χ0v) is 15.2. The fraction of sp³-hybridized carbons (Fsp3) is 0.294. The number of carbonyl (C=O) groups excluding carboxylic acids is 2. The summed E-state index contributed by atoms with van der Waals surface area (Å²) in [5, 5.41) is 11.8. The Morgan fingerprint density at radius 3 is 2.92 bits per heavy atom. The van der Waals surface area contributed by atoms with Crippen LogP contribution >= 0.6 is 23.6 Å². The maximum Gasteiger partial charge on any atom is 0.307 e. The number of ether oxygens (including phenoxy) is 1. The number of rotatable bonds is 6. The van der Waals surface area contributed by atoms with Gasteiger partial charge in [0.05, 0.1) is 24.0 Å². The van der Waals surface area contributed by atoms with Gasteiger partial charge in [-0.3, -0.25) is 14.2 Å². The number of hydrogen-bond acceptors (Lipinski definition) is 6. The highest BCUT2D eigenvalue weighted by Crippen LogP contribution is 2.32. The van der Waals surface area contributed by atoms with Crippen LogP contribution in [0.4, 0.5) is 0 Å². The van der Waals surface area contributed by atoms with Crippen LogP contribution in [0, 0.1) is 3.95 Å². The van der Waals surface area contributed by atoms with E-state index in [2.05, 4.69) is 4.99 Å². The average molecular weight is 376 g/mol. The third-order valence-corrected chi connectivity index (χ3v) is 5.17. The van der Waals surface area contributed by atoms with Gasteiger partial charge in [-0.15, -0.1) is 11.3 Å². The van der Waals surface area contributed by atoms with Crippen molar-refractivity contribution in [2.75, 3.05) is 6.61 Å². The number of amides is 1. The van der Waals surface area contributed by atoms with Crippen LogP contribution in [0.1, 0.15) is 24.6 Å². The standard InChI is InChI=1S/C17H16N2O4S2/c1-2-9-23-12(20)7-8-19-16(22)14(25-17(19)24)13-10-5-3-4-6-11(10)18-15(13)21/h3-6,22H,2,7-9H2,1H3. The average Bonchev–Trinajstić information content (AvgIpc) is 3.06. The number of nitrogens with zero attached hydrogens (tertiary/aromatic N) is 2. The first-order valence-corrected chi connectivity index (χ1v) is 9.06. The van der Waals surface area contributed by atoms with Crippen molar-refractivity contribution < 1.29 is 19.4 Å². The highest BCUT2D eigenvalue weighted by molar-refractivity contribution is 7.73. The quantitative estimate of drug-likeness (QED) is 0.613. The summed E-state index contributed by atoms with van der Waals surface area (Å²) in [7, 11) is 0. The molecule has 0 spiro atoms. The molecule has 1 aromatic heterocycles. The number of thiazole rings is 1. The first-order valence-electron chi connectivity index (χ1n) is 7.84. The molecule has 1 aromatic carbocycles. The third-order valence-electron chi connectivity index (χ3n) is 3.71. The Hall–Kier alpha value is -2.32. The molecule has 8 heteroatoms. The van der Waals surface area contributed by atoms with Crippen molar-refractivity contribution in [2.24, 2.45) is 4.99 Å². The van der Waals surface area contributed by atoms with Gasteiger partial charge in [0.25, 0.3) is 5.91 Å². The molecule has 0 radical (unpaired) electrons. The highest BCUT2D eigenvalue weighted by atomic mass is 32.1. The minimum absolute atomic E-state index is 0.0995. The topological polar surface area (TPSA) is 80.9 Å². The minimum atomic E-state index is -0.401. The zero-order chi connectivity index (χ0) is 18.0. The van der Waals surface area contributed by atoms with Gasteiger partial charge in [0.1, 0.15) is 4.88 Å². The summed E-state index contributed by atoms with van der Waals surface area (Å²) in [6.07, 6.45) is 0.852. The second-order valence-corrected chi connectivity index (χ2v) is 7.10. The van der Waals surface area contributed by atoms with Gasteiger partial charge in [-0.2, -0.15) is 0 Å². The van der Waals surface area contributed by atoms with Crippen molar-refractivity contribution in [3.8, 4) is 5.88 Å². The molecule has 130 valence electrons. The van der Waals surface area contributed by atoms with Crippen LogP contribution in [0.15, 0.2) is 29.3 Å². The Morgan fingerprint density at radius 1 is 1.40 bits per heavy atom. The number of aromatic hydroxyl groups is 1. The number of fused-ring (bicyclic) bond motifs is 1. The van der Waals surface area contributed by atoms with Gasteiger partial charge in [-0.25, -0.2) is 4.99 Å². The summed E-state index contributed by atoms with van der Waals surface area (Å²) in [6.45, 7) is 2.48. The van der Waals surface area contributed by atoms with E-state index >= 15 is 0 Å². The Morgan fingerprint density at radius 2 is 2.16 bits per heavy atom. The van der Waals surface area contributed by atoms with Crippen molar-refractivity contribution in [1.29, 1.82) is 0 Å². The molecule has 0 atom stereocenters. The predicted octanol–water partition coefficient (Wildman–Crippen LogP) is 1.69. The first-order chi connectivity index (χ1) is 12.0. The van der Waals surface area contributed by atoms with Crippen molar-refractivity contribution in [1.82, 2.24) is 4.57 Å². The molecule has 1 N–H and O–H groups in total. The highest BCUT2D eigenvalue weighted by Gasteiger charge is 2.25. The SMILES string of the molecule is CCCOC(=O)CCn1c(O)c(C2=c3ccccc3=NC2=O)sc1=S. The molecule has 2 aromatic rings. The smallest absolute Gasteiger partial charge is 0.307 e. The lowest BCUT2D eigenvalue weighted by atomic mass is 10.1. The number of hydrogen-bond donors (Lipinski definition) is 1. The molecule has 1 aliphatic heterocycles. The van der Waals surface area contributed by atoms with Crippen LogP contribution in [0.5, 0.6) is 5.88 Å². The third kappa shape index (κ3) is 3.40. The van der Waals surface area contributed by atoms with E-state index < -0.39 is 5.91 Å². The maximum absolute atomic E-state index is 12.3. The molecule has 0 aliphatic carbocycles. The van der Waals surface area contributed by atoms with Gasteiger partial charge in [-0.1, -0.05) is 25.1 Å². The molecule has 0 unspecified atom stereocenters. The van der Waals surface area contributed by atoms with Gasteiger partial charge in [0.2, 0.25) is 5.88 Å². The van der Waals surface area contributed by atoms with E-state index in [1.54, 1.807) is 18.2 Å². The van der Waals surface area contributed by atoms with Crippen LogP contribution in [0.3, 0.4) is 0 Å². The summed E-state index contributed by atoms with van der Waals surface area (Å²) in [5.41, 5.74) is 0.344. The molecular formula is C17H16N2O4S2. The van der Waals surface area contributed by atoms with Gasteiger partial charge in [-0.05, 0) is 24.7 Å². The predicted molar refractivity (Wildman–Crippen MR) is 95.4 cm³/mol. The lowest BCUT2D eigenvalue weighted by molar-refractivity contribution is -0.143. The lowest BCUT2D eigenvalue weighted by Crippen LogP contribution is -2.22. The monoisotopic (exact) mass is 376 g/mol. The van der Waals surface area contributed by atoms with E-state index in [9.17, 15) is 14.7 Å². The molecule has 0 saturated carbocycles. The lowest BCUT2D eigenvalue weighted by Gasteiger charge is -2.06. The van der Waals surface area contributed by atoms with Crippen LogP contribution in [0.2, 0.25) is 0 Å². The van der Waals surface area contributed by atoms with Crippen LogP contribution in [-0.4, -0.2) is 28.2 Å². The number of aromatic nitrogens is 1. The summed E-state index contributed by atoms with van der Waals surface area (Å²) in [4.78, 5) is 28.3. The van der Waals surface area contributed by atoms with Crippen molar-refractivity contribution in [2.45, 2.75) is 26.3 Å². The van der Waals surface area contributed by atoms with E-state index in [4.69, 9.17) is 17.0 Å². The second kappa shape index (κ2) is 7.28. The summed E-state index contributed by atoms with van der Waals surface area (Å²) < 4.78 is 6.86. The van der Waals surface area contributed by atoms with Gasteiger partial charge < -0.3 is 9.84 Å². The van der Waals surface area contributed by atoms with E-state index in [-0.39, 0.29) is 24.8 Å². The van der Waals surface area contributed by atoms with Gasteiger partial charge in [0, 0.05) is 11.8 Å². The molecule has 0 saturated heterocycles. The Balaban J connectivity index is 1.94. The van der Waals surface area contributed by atoms with Crippen molar-refractivity contribution in [3.63, 3.8) is 0 Å². The first kappa shape index (κ1) is 17.5. The molecule has 25 heavy (non-hydrogen) atoms. The number of para-hydroxylation sites is 1. The minimum Gasteiger partial charge on any atom is -0.493 e.